The first kappa shape index (κ1) is 23.0. The molecule has 3 aromatic carbocycles. The minimum Gasteiger partial charge on any atom is -0.490 e. The smallest absolute Gasteiger partial charge is 0.269 e. The van der Waals surface area contributed by atoms with E-state index in [1.165, 1.54) is 24.3 Å². The number of ether oxygens (including phenoxy) is 2. The first-order chi connectivity index (χ1) is 15.4. The van der Waals surface area contributed by atoms with Crippen LogP contribution in [0.25, 0.3) is 11.6 Å². The van der Waals surface area contributed by atoms with Gasteiger partial charge in [0, 0.05) is 12.1 Å². The largest absolute Gasteiger partial charge is 0.490 e. The maximum atomic E-state index is 13.6. The van der Waals surface area contributed by atoms with Crippen molar-refractivity contribution in [2.24, 2.45) is 0 Å². The van der Waals surface area contributed by atoms with Gasteiger partial charge in [0.1, 0.15) is 12.4 Å². The molecule has 0 saturated heterocycles. The van der Waals surface area contributed by atoms with Gasteiger partial charge in [-0.25, -0.2) is 4.39 Å². The molecule has 8 heteroatoms. The minimum atomic E-state index is -0.458. The summed E-state index contributed by atoms with van der Waals surface area (Å²) in [4.78, 5) is 10.3. The van der Waals surface area contributed by atoms with Gasteiger partial charge in [-0.3, -0.25) is 10.1 Å². The van der Waals surface area contributed by atoms with Crippen LogP contribution in [0.1, 0.15) is 23.6 Å². The van der Waals surface area contributed by atoms with Crippen LogP contribution in [-0.2, 0) is 6.61 Å². The van der Waals surface area contributed by atoms with Crippen molar-refractivity contribution in [2.75, 3.05) is 6.61 Å². The molecule has 0 aliphatic heterocycles. The third kappa shape index (κ3) is 5.71. The Morgan fingerprint density at radius 2 is 1.94 bits per heavy atom. The second kappa shape index (κ2) is 10.6. The lowest BCUT2D eigenvalue weighted by molar-refractivity contribution is -0.384. The van der Waals surface area contributed by atoms with Gasteiger partial charge in [-0.05, 0) is 82.0 Å². The highest BCUT2D eigenvalue weighted by Gasteiger charge is 2.14. The van der Waals surface area contributed by atoms with Crippen molar-refractivity contribution in [1.82, 2.24) is 0 Å². The fraction of sp³-hybridized carbons (Fsp3) is 0.125. The summed E-state index contributed by atoms with van der Waals surface area (Å²) in [5.41, 5.74) is 2.21. The Labute approximate surface area is 192 Å². The number of nitriles is 1. The number of halogens is 2. The highest BCUT2D eigenvalue weighted by atomic mass is 79.9. The zero-order valence-corrected chi connectivity index (χ0v) is 18.6. The van der Waals surface area contributed by atoms with Gasteiger partial charge in [0.05, 0.1) is 27.6 Å². The molecular formula is C24H18BrFN2O4. The third-order valence-corrected chi connectivity index (χ3v) is 5.02. The summed E-state index contributed by atoms with van der Waals surface area (Å²) in [6.07, 6.45) is 1.64. The monoisotopic (exact) mass is 496 g/mol. The van der Waals surface area contributed by atoms with E-state index in [9.17, 15) is 19.8 Å². The van der Waals surface area contributed by atoms with E-state index in [-0.39, 0.29) is 12.3 Å². The molecule has 0 unspecified atom stereocenters. The number of hydrogen-bond acceptors (Lipinski definition) is 5. The van der Waals surface area contributed by atoms with E-state index < -0.39 is 10.7 Å². The Hall–Kier alpha value is -3.70. The number of allylic oxidation sites excluding steroid dienone is 1. The van der Waals surface area contributed by atoms with Crippen LogP contribution in [0.3, 0.4) is 0 Å². The summed E-state index contributed by atoms with van der Waals surface area (Å²) >= 11 is 3.49. The molecule has 0 atom stereocenters. The van der Waals surface area contributed by atoms with Crippen molar-refractivity contribution in [3.8, 4) is 17.6 Å². The molecule has 0 fully saturated rings. The van der Waals surface area contributed by atoms with Gasteiger partial charge in [-0.2, -0.15) is 5.26 Å². The molecule has 0 N–H and O–H groups in total. The van der Waals surface area contributed by atoms with Crippen molar-refractivity contribution in [3.63, 3.8) is 0 Å². The molecule has 0 bridgehead atoms. The fourth-order valence-electron chi connectivity index (χ4n) is 2.95. The molecule has 0 radical (unpaired) electrons. The van der Waals surface area contributed by atoms with E-state index in [2.05, 4.69) is 22.0 Å². The molecule has 0 spiro atoms. The van der Waals surface area contributed by atoms with Gasteiger partial charge in [0.15, 0.2) is 11.5 Å². The topological polar surface area (TPSA) is 85.4 Å². The molecule has 32 heavy (non-hydrogen) atoms. The third-order valence-electron chi connectivity index (χ3n) is 4.43. The van der Waals surface area contributed by atoms with Crippen molar-refractivity contribution in [3.05, 3.63) is 97.8 Å². The average molecular weight is 497 g/mol. The summed E-state index contributed by atoms with van der Waals surface area (Å²) in [5.74, 6) is 0.507. The number of nitro benzene ring substituents is 1. The highest BCUT2D eigenvalue weighted by molar-refractivity contribution is 9.10. The van der Waals surface area contributed by atoms with E-state index in [1.54, 1.807) is 42.5 Å². The van der Waals surface area contributed by atoms with Gasteiger partial charge in [0.25, 0.3) is 5.69 Å². The molecule has 0 heterocycles. The maximum absolute atomic E-state index is 13.6. The molecule has 0 aliphatic rings. The normalized spacial score (nSPS) is 11.0. The van der Waals surface area contributed by atoms with Crippen LogP contribution < -0.4 is 9.47 Å². The van der Waals surface area contributed by atoms with Crippen LogP contribution in [0.15, 0.2) is 65.1 Å². The van der Waals surface area contributed by atoms with Gasteiger partial charge in [-0.1, -0.05) is 12.1 Å². The van der Waals surface area contributed by atoms with Gasteiger partial charge >= 0.3 is 0 Å². The first-order valence-electron chi connectivity index (χ1n) is 9.61. The van der Waals surface area contributed by atoms with Gasteiger partial charge in [0.2, 0.25) is 0 Å². The van der Waals surface area contributed by atoms with Crippen LogP contribution in [0.4, 0.5) is 10.1 Å². The van der Waals surface area contributed by atoms with E-state index in [0.29, 0.717) is 39.3 Å². The molecule has 0 saturated carbocycles. The molecule has 162 valence electrons. The number of rotatable bonds is 8. The quantitative estimate of drug-likeness (QED) is 0.153. The summed E-state index contributed by atoms with van der Waals surface area (Å²) in [6, 6.07) is 17.5. The molecule has 0 aromatic heterocycles. The van der Waals surface area contributed by atoms with Gasteiger partial charge < -0.3 is 9.47 Å². The van der Waals surface area contributed by atoms with Gasteiger partial charge in [-0.15, -0.1) is 0 Å². The van der Waals surface area contributed by atoms with Crippen molar-refractivity contribution in [2.45, 2.75) is 13.5 Å². The molecule has 6 nitrogen and oxygen atoms in total. The van der Waals surface area contributed by atoms with Crippen molar-refractivity contribution in [1.29, 1.82) is 5.26 Å². The van der Waals surface area contributed by atoms with E-state index >= 15 is 0 Å². The van der Waals surface area contributed by atoms with E-state index in [0.717, 1.165) is 5.56 Å². The highest BCUT2D eigenvalue weighted by Crippen LogP contribution is 2.38. The summed E-state index contributed by atoms with van der Waals surface area (Å²) in [7, 11) is 0. The predicted molar refractivity (Wildman–Crippen MR) is 123 cm³/mol. The van der Waals surface area contributed by atoms with Crippen LogP contribution in [-0.4, -0.2) is 11.5 Å². The second-order valence-electron chi connectivity index (χ2n) is 6.66. The maximum Gasteiger partial charge on any atom is 0.269 e. The Morgan fingerprint density at radius 3 is 2.56 bits per heavy atom. The Kier molecular flexibility index (Phi) is 7.58. The lowest BCUT2D eigenvalue weighted by Crippen LogP contribution is -2.01. The van der Waals surface area contributed by atoms with Crippen LogP contribution >= 0.6 is 15.9 Å². The number of benzene rings is 3. The van der Waals surface area contributed by atoms with Crippen molar-refractivity contribution < 1.29 is 18.8 Å². The predicted octanol–water partition coefficient (Wildman–Crippen LogP) is 6.54. The standard InChI is InChI=1S/C24H18BrFN2O4/c1-2-31-23-12-17(10-19(14-27)18-4-3-5-20(26)13-18)11-22(25)24(23)32-15-16-6-8-21(9-7-16)28(29)30/h3-13H,2,15H2,1H3/b19-10-. The Morgan fingerprint density at radius 1 is 1.19 bits per heavy atom. The average Bonchev–Trinajstić information content (AvgIpc) is 2.77. The van der Waals surface area contributed by atoms with Crippen molar-refractivity contribution >= 4 is 33.3 Å². The Bertz CT molecular complexity index is 1200. The summed E-state index contributed by atoms with van der Waals surface area (Å²) in [6.45, 7) is 2.41. The van der Waals surface area contributed by atoms with Crippen LogP contribution in [0, 0.1) is 27.3 Å². The SMILES string of the molecule is CCOc1cc(/C=C(/C#N)c2cccc(F)c2)cc(Br)c1OCc1ccc([N+](=O)[O-])cc1. The summed E-state index contributed by atoms with van der Waals surface area (Å²) < 4.78 is 25.8. The van der Waals surface area contributed by atoms with Crippen LogP contribution in [0.5, 0.6) is 11.5 Å². The number of non-ortho nitro benzene ring substituents is 1. The fourth-order valence-corrected chi connectivity index (χ4v) is 3.52. The summed E-state index contributed by atoms with van der Waals surface area (Å²) in [5, 5.41) is 20.3. The second-order valence-corrected chi connectivity index (χ2v) is 7.51. The molecule has 3 rings (SSSR count). The lowest BCUT2D eigenvalue weighted by atomic mass is 10.0. The van der Waals surface area contributed by atoms with E-state index in [1.807, 2.05) is 6.92 Å². The van der Waals surface area contributed by atoms with Crippen LogP contribution in [0.2, 0.25) is 0 Å². The number of nitrogens with zero attached hydrogens (tertiary/aromatic N) is 2. The minimum absolute atomic E-state index is 0.00710. The van der Waals surface area contributed by atoms with E-state index in [4.69, 9.17) is 9.47 Å². The first-order valence-corrected chi connectivity index (χ1v) is 10.4. The lowest BCUT2D eigenvalue weighted by Gasteiger charge is -2.15. The Balaban J connectivity index is 1.88. The molecular weight excluding hydrogens is 479 g/mol. The molecule has 0 amide bonds. The number of hydrogen-bond donors (Lipinski definition) is 0. The zero-order valence-electron chi connectivity index (χ0n) is 17.0. The zero-order chi connectivity index (χ0) is 23.1. The molecule has 0 aliphatic carbocycles. The number of nitro groups is 1. The molecule has 3 aromatic rings.